The third-order valence-electron chi connectivity index (χ3n) is 12.5. The van der Waals surface area contributed by atoms with Crippen molar-refractivity contribution in [2.24, 2.45) is 0 Å². The van der Waals surface area contributed by atoms with E-state index in [0.717, 1.165) is 61.0 Å². The van der Waals surface area contributed by atoms with E-state index < -0.39 is 5.41 Å². The minimum atomic E-state index is -0.476. The zero-order valence-electron chi connectivity index (χ0n) is 32.2. The number of rotatable bonds is 4. The van der Waals surface area contributed by atoms with Gasteiger partial charge in [0.15, 0.2) is 17.5 Å². The van der Waals surface area contributed by atoms with E-state index in [1.807, 2.05) is 60.7 Å². The monoisotopic (exact) mass is 764 g/mol. The summed E-state index contributed by atoms with van der Waals surface area (Å²) in [6.45, 7) is 0. The fourth-order valence-electron chi connectivity index (χ4n) is 10.00. The standard InChI is InChI=1S/C55H32N4O/c1-2-14-34(15-3-1)52-57-53(59-54(58-52)36-30-31-48-43(32-36)39-18-9-13-25-47(39)60-48)35-28-26-33(27-29-35)50-41-20-5-4-19-40(41)49-51(56-50)42-21-8-12-24-46(42)55(49)44-22-10-6-16-37(44)38-17-7-11-23-45(38)55/h1-32H. The lowest BCUT2D eigenvalue weighted by Gasteiger charge is -2.31. The molecule has 0 unspecified atom stereocenters. The van der Waals surface area contributed by atoms with Crippen molar-refractivity contribution in [3.63, 3.8) is 0 Å². The van der Waals surface area contributed by atoms with Crippen LogP contribution in [0.4, 0.5) is 0 Å². The summed E-state index contributed by atoms with van der Waals surface area (Å²) in [5.74, 6) is 1.82. The lowest BCUT2D eigenvalue weighted by molar-refractivity contribution is 0.669. The highest BCUT2D eigenvalue weighted by molar-refractivity contribution is 6.08. The van der Waals surface area contributed by atoms with Gasteiger partial charge in [-0.25, -0.2) is 19.9 Å². The fraction of sp³-hybridized carbons (Fsp3) is 0.0182. The van der Waals surface area contributed by atoms with Crippen LogP contribution in [0.1, 0.15) is 22.3 Å². The molecule has 0 N–H and O–H groups in total. The minimum absolute atomic E-state index is 0.476. The van der Waals surface area contributed by atoms with Gasteiger partial charge in [0.1, 0.15) is 11.2 Å². The summed E-state index contributed by atoms with van der Waals surface area (Å²) in [5.41, 5.74) is 15.8. The van der Waals surface area contributed by atoms with E-state index in [4.69, 9.17) is 24.4 Å². The van der Waals surface area contributed by atoms with Crippen LogP contribution in [0, 0.1) is 0 Å². The number of pyridine rings is 1. The van der Waals surface area contributed by atoms with Crippen molar-refractivity contribution in [1.82, 2.24) is 19.9 Å². The van der Waals surface area contributed by atoms with E-state index in [1.54, 1.807) is 0 Å². The maximum Gasteiger partial charge on any atom is 0.164 e. The molecule has 11 aromatic rings. The van der Waals surface area contributed by atoms with Crippen molar-refractivity contribution in [3.05, 3.63) is 216 Å². The second-order valence-electron chi connectivity index (χ2n) is 15.7. The van der Waals surface area contributed by atoms with Crippen LogP contribution in [0.15, 0.2) is 199 Å². The Morgan fingerprint density at radius 2 is 0.800 bits per heavy atom. The number of aromatic nitrogens is 4. The molecule has 2 aliphatic rings. The minimum Gasteiger partial charge on any atom is -0.456 e. The normalized spacial score (nSPS) is 13.1. The number of furan rings is 1. The molecule has 0 fully saturated rings. The van der Waals surface area contributed by atoms with Gasteiger partial charge >= 0.3 is 0 Å². The molecule has 0 amide bonds. The van der Waals surface area contributed by atoms with Crippen LogP contribution in [0.2, 0.25) is 0 Å². The van der Waals surface area contributed by atoms with Crippen molar-refractivity contribution in [1.29, 1.82) is 0 Å². The van der Waals surface area contributed by atoms with Gasteiger partial charge in [0.2, 0.25) is 0 Å². The van der Waals surface area contributed by atoms with Crippen LogP contribution in [-0.4, -0.2) is 19.9 Å². The smallest absolute Gasteiger partial charge is 0.164 e. The average molecular weight is 765 g/mol. The molecule has 60 heavy (non-hydrogen) atoms. The predicted molar refractivity (Wildman–Crippen MR) is 240 cm³/mol. The molecule has 1 spiro atoms. The Morgan fingerprint density at radius 1 is 0.317 bits per heavy atom. The zero-order valence-corrected chi connectivity index (χ0v) is 32.2. The number of hydrogen-bond acceptors (Lipinski definition) is 5. The van der Waals surface area contributed by atoms with Crippen LogP contribution in [0.3, 0.4) is 0 Å². The van der Waals surface area contributed by atoms with Gasteiger partial charge in [0.05, 0.1) is 16.8 Å². The average Bonchev–Trinajstić information content (AvgIpc) is 3.95. The van der Waals surface area contributed by atoms with Crippen molar-refractivity contribution < 1.29 is 4.42 Å². The van der Waals surface area contributed by atoms with Crippen LogP contribution in [-0.2, 0) is 5.41 Å². The molecule has 0 saturated carbocycles. The van der Waals surface area contributed by atoms with Crippen molar-refractivity contribution in [2.75, 3.05) is 0 Å². The van der Waals surface area contributed by atoms with E-state index in [1.165, 1.54) is 44.3 Å². The van der Waals surface area contributed by atoms with Gasteiger partial charge in [-0.3, -0.25) is 0 Å². The van der Waals surface area contributed by atoms with Crippen molar-refractivity contribution >= 4 is 32.7 Å². The summed E-state index contributed by atoms with van der Waals surface area (Å²) < 4.78 is 6.14. The molecule has 2 aliphatic carbocycles. The molecule has 0 saturated heterocycles. The Kier molecular flexibility index (Phi) is 6.87. The Labute approximate surface area is 345 Å². The van der Waals surface area contributed by atoms with Gasteiger partial charge in [-0.05, 0) is 57.5 Å². The molecule has 0 radical (unpaired) electrons. The molecule has 0 bridgehead atoms. The molecule has 0 aliphatic heterocycles. The van der Waals surface area contributed by atoms with Gasteiger partial charge < -0.3 is 4.42 Å². The summed E-state index contributed by atoms with van der Waals surface area (Å²) >= 11 is 0. The van der Waals surface area contributed by atoms with Crippen LogP contribution < -0.4 is 0 Å². The molecule has 3 aromatic heterocycles. The van der Waals surface area contributed by atoms with E-state index in [9.17, 15) is 0 Å². The number of fused-ring (bicyclic) bond motifs is 15. The lowest BCUT2D eigenvalue weighted by atomic mass is 9.69. The Hall–Kier alpha value is -8.02. The summed E-state index contributed by atoms with van der Waals surface area (Å²) in [5, 5.41) is 4.42. The van der Waals surface area contributed by atoms with E-state index >= 15 is 0 Å². The van der Waals surface area contributed by atoms with E-state index in [2.05, 4.69) is 133 Å². The first-order valence-corrected chi connectivity index (χ1v) is 20.3. The zero-order chi connectivity index (χ0) is 39.4. The Balaban J connectivity index is 0.977. The molecule has 8 aromatic carbocycles. The number of para-hydroxylation sites is 1. The molecule has 5 heteroatoms. The number of benzene rings is 8. The van der Waals surface area contributed by atoms with Gasteiger partial charge in [-0.2, -0.15) is 0 Å². The summed E-state index contributed by atoms with van der Waals surface area (Å²) in [6.07, 6.45) is 0. The molecule has 3 heterocycles. The Bertz CT molecular complexity index is 3510. The van der Waals surface area contributed by atoms with E-state index in [-0.39, 0.29) is 0 Å². The first-order chi connectivity index (χ1) is 29.7. The second-order valence-corrected chi connectivity index (χ2v) is 15.7. The maximum absolute atomic E-state index is 6.14. The van der Waals surface area contributed by atoms with Gasteiger partial charge in [-0.15, -0.1) is 0 Å². The fourth-order valence-corrected chi connectivity index (χ4v) is 10.00. The topological polar surface area (TPSA) is 64.7 Å². The van der Waals surface area contributed by atoms with Crippen molar-refractivity contribution in [2.45, 2.75) is 5.41 Å². The predicted octanol–water partition coefficient (Wildman–Crippen LogP) is 13.3. The third kappa shape index (κ3) is 4.57. The number of hydrogen-bond donors (Lipinski definition) is 0. The Morgan fingerprint density at radius 3 is 1.50 bits per heavy atom. The summed E-state index contributed by atoms with van der Waals surface area (Å²) in [7, 11) is 0. The maximum atomic E-state index is 6.14. The highest BCUT2D eigenvalue weighted by atomic mass is 16.3. The van der Waals surface area contributed by atoms with Crippen LogP contribution in [0.5, 0.6) is 0 Å². The highest BCUT2D eigenvalue weighted by Gasteiger charge is 2.53. The molecule has 5 nitrogen and oxygen atoms in total. The molecular weight excluding hydrogens is 733 g/mol. The van der Waals surface area contributed by atoms with E-state index in [0.29, 0.717) is 17.5 Å². The second kappa shape index (κ2) is 12.5. The molecule has 0 atom stereocenters. The molecule has 278 valence electrons. The summed E-state index contributed by atoms with van der Waals surface area (Å²) in [6, 6.07) is 68.4. The van der Waals surface area contributed by atoms with Crippen molar-refractivity contribution in [3.8, 4) is 67.8 Å². The first-order valence-electron chi connectivity index (χ1n) is 20.3. The molecule has 13 rings (SSSR count). The molecular formula is C55H32N4O. The van der Waals surface area contributed by atoms with Gasteiger partial charge in [0, 0.05) is 49.5 Å². The number of nitrogens with zero attached hydrogens (tertiary/aromatic N) is 4. The van der Waals surface area contributed by atoms with Gasteiger partial charge in [0.25, 0.3) is 0 Å². The quantitative estimate of drug-likeness (QED) is 0.179. The first kappa shape index (κ1) is 33.0. The SMILES string of the molecule is c1ccc(-c2nc(-c3ccc(-c4nc5c(c6ccccc46)C4(c6ccccc6-c6ccccc64)c4ccccc4-5)cc3)nc(-c3ccc4oc5ccccc5c4c3)n2)cc1. The largest absolute Gasteiger partial charge is 0.456 e. The lowest BCUT2D eigenvalue weighted by Crippen LogP contribution is -2.26. The van der Waals surface area contributed by atoms with Crippen LogP contribution >= 0.6 is 0 Å². The summed E-state index contributed by atoms with van der Waals surface area (Å²) in [4.78, 5) is 20.8. The van der Waals surface area contributed by atoms with Gasteiger partial charge in [-0.1, -0.05) is 170 Å². The third-order valence-corrected chi connectivity index (χ3v) is 12.5. The van der Waals surface area contributed by atoms with Crippen LogP contribution in [0.25, 0.3) is 101 Å². The highest BCUT2D eigenvalue weighted by Crippen LogP contribution is 2.64.